The highest BCUT2D eigenvalue weighted by Gasteiger charge is 2.55. The van der Waals surface area contributed by atoms with Gasteiger partial charge in [0.1, 0.15) is 32.7 Å². The molecular formula is C43H40ClN7O7S4. The second kappa shape index (κ2) is 19.2. The molecule has 5 aromatic rings. The molecule has 2 aliphatic rings. The number of alkyl carbamates (subject to hydrolysis) is 1. The van der Waals surface area contributed by atoms with Gasteiger partial charge in [-0.15, -0.1) is 23.5 Å². The first-order chi connectivity index (χ1) is 29.8. The molecule has 1 saturated heterocycles. The lowest BCUT2D eigenvalue weighted by Gasteiger charge is -2.49. The van der Waals surface area contributed by atoms with E-state index in [-0.39, 0.29) is 32.3 Å². The van der Waals surface area contributed by atoms with Gasteiger partial charge in [-0.1, -0.05) is 131 Å². The fourth-order valence-corrected chi connectivity index (χ4v) is 11.1. The molecule has 2 atom stereocenters. The van der Waals surface area contributed by atoms with Crippen LogP contribution in [0.4, 0.5) is 9.93 Å². The second-order valence-electron chi connectivity index (χ2n) is 14.6. The van der Waals surface area contributed by atoms with Crippen molar-refractivity contribution in [2.45, 2.75) is 53.2 Å². The van der Waals surface area contributed by atoms with Crippen molar-refractivity contribution in [3.05, 3.63) is 147 Å². The number of β-lactam (4-membered cyclic amide) rings is 1. The Morgan fingerprint density at radius 1 is 0.968 bits per heavy atom. The first-order valence-corrected chi connectivity index (χ1v) is 23.1. The lowest BCUT2D eigenvalue weighted by atomic mass is 9.80. The number of rotatable bonds is 15. The molecule has 2 aromatic heterocycles. The van der Waals surface area contributed by atoms with Gasteiger partial charge in [0.05, 0.1) is 0 Å². The summed E-state index contributed by atoms with van der Waals surface area (Å²) in [4.78, 5) is 71.5. The number of oxime groups is 1. The van der Waals surface area contributed by atoms with Crippen molar-refractivity contribution in [2.24, 2.45) is 5.16 Å². The Kier molecular flexibility index (Phi) is 13.8. The highest BCUT2D eigenvalue weighted by molar-refractivity contribution is 8.07. The van der Waals surface area contributed by atoms with Gasteiger partial charge >= 0.3 is 12.1 Å². The van der Waals surface area contributed by atoms with Crippen LogP contribution in [0.15, 0.2) is 135 Å². The lowest BCUT2D eigenvalue weighted by molar-refractivity contribution is -0.150. The number of anilines is 1. The number of halogens is 1. The Balaban J connectivity index is 1.14. The topological polar surface area (TPSA) is 198 Å². The smallest absolute Gasteiger partial charge is 0.407 e. The van der Waals surface area contributed by atoms with E-state index < -0.39 is 46.5 Å². The van der Waals surface area contributed by atoms with Gasteiger partial charge in [-0.3, -0.25) is 19.5 Å². The number of carboxylic acid groups (broad SMARTS) is 1. The summed E-state index contributed by atoms with van der Waals surface area (Å²) in [6, 6.07) is 28.9. The third-order valence-electron chi connectivity index (χ3n) is 9.29. The van der Waals surface area contributed by atoms with E-state index in [2.05, 4.69) is 25.8 Å². The maximum Gasteiger partial charge on any atom is 0.407 e. The van der Waals surface area contributed by atoms with Crippen LogP contribution >= 0.6 is 58.2 Å². The summed E-state index contributed by atoms with van der Waals surface area (Å²) in [5.41, 5.74) is 5.60. The number of nitrogen functional groups attached to an aromatic ring is 1. The zero-order valence-electron chi connectivity index (χ0n) is 33.4. The number of thioether (sulfide) groups is 3. The fourth-order valence-electron chi connectivity index (χ4n) is 6.65. The number of benzene rings is 3. The Hall–Kier alpha value is -5.53. The largest absolute Gasteiger partial charge is 0.477 e. The number of fused-ring (bicyclic) bond motifs is 1. The number of amides is 3. The Morgan fingerprint density at radius 2 is 1.58 bits per heavy atom. The van der Waals surface area contributed by atoms with Crippen molar-refractivity contribution >= 4 is 92.9 Å². The Bertz CT molecular complexity index is 2420. The number of carbonyl (C=O) groups is 4. The fraction of sp³-hybridized carbons (Fsp3) is 0.233. The van der Waals surface area contributed by atoms with Crippen molar-refractivity contribution < 1.29 is 33.9 Å². The predicted octanol–water partition coefficient (Wildman–Crippen LogP) is 7.59. The van der Waals surface area contributed by atoms with Crippen LogP contribution in [0.2, 0.25) is 4.34 Å². The number of thiazole rings is 1. The lowest BCUT2D eigenvalue weighted by Crippen LogP contribution is -2.71. The first kappa shape index (κ1) is 44.5. The Labute approximate surface area is 379 Å². The third kappa shape index (κ3) is 9.74. The standard InChI is InChI=1S/C43H40ClN7O7S4/c1-42(2,3)57-41(56)47-21-22-59-28-19-20-46-23-29(28)61-30-24-60-38-33(37(53)51(38)34(30)39(54)55)48-36(52)32(31-35(44)62-40(45)49-31)50-58-43(25-13-7-4-8-14-25,26-15-9-5-10-16-26)27-17-11-6-12-18-27/h4-20,23,33,38H,21-22,24H2,1-3H3,(H2,45,49)(H,47,56)(H,48,52)(H,54,55)/b50-32-/t33-,38-/m1/s1. The molecule has 2 aliphatic heterocycles. The van der Waals surface area contributed by atoms with Gasteiger partial charge in [-0.25, -0.2) is 14.6 Å². The molecule has 4 heterocycles. The minimum Gasteiger partial charge on any atom is -0.477 e. The zero-order chi connectivity index (χ0) is 44.0. The average molecular weight is 931 g/mol. The summed E-state index contributed by atoms with van der Waals surface area (Å²) in [7, 11) is 0. The second-order valence-corrected chi connectivity index (χ2v) is 19.6. The molecular weight excluding hydrogens is 890 g/mol. The molecule has 0 radical (unpaired) electrons. The number of pyridine rings is 1. The SMILES string of the molecule is CC(C)(C)OC(=O)NCCSc1ccncc1SC1=C(C(=O)O)N2C(=O)[C@@H](NC(=O)/C(=N\OC(c3ccccc3)(c3ccccc3)c3ccccc3)c3nc(N)sc3Cl)[C@H]2SC1. The van der Waals surface area contributed by atoms with Crippen LogP contribution in [0.5, 0.6) is 0 Å². The van der Waals surface area contributed by atoms with Crippen LogP contribution in [-0.2, 0) is 29.6 Å². The van der Waals surface area contributed by atoms with Crippen LogP contribution in [0.1, 0.15) is 43.2 Å². The molecule has 7 rings (SSSR count). The first-order valence-electron chi connectivity index (χ1n) is 19.0. The molecule has 0 saturated carbocycles. The van der Waals surface area contributed by atoms with Gasteiger partial charge in [0.15, 0.2) is 10.8 Å². The quantitative estimate of drug-likeness (QED) is 0.0200. The number of ether oxygens (including phenoxy) is 1. The molecule has 1 fully saturated rings. The van der Waals surface area contributed by atoms with Gasteiger partial charge in [0.2, 0.25) is 5.60 Å². The van der Waals surface area contributed by atoms with E-state index in [4.69, 9.17) is 26.9 Å². The predicted molar refractivity (Wildman–Crippen MR) is 243 cm³/mol. The number of hydrogen-bond donors (Lipinski definition) is 4. The number of hydrogen-bond acceptors (Lipinski definition) is 14. The zero-order valence-corrected chi connectivity index (χ0v) is 37.5. The molecule has 0 bridgehead atoms. The van der Waals surface area contributed by atoms with Gasteiger partial charge in [0.25, 0.3) is 11.8 Å². The van der Waals surface area contributed by atoms with E-state index in [0.717, 1.165) is 16.2 Å². The molecule has 62 heavy (non-hydrogen) atoms. The molecule has 0 unspecified atom stereocenters. The van der Waals surface area contributed by atoms with Crippen molar-refractivity contribution in [3.63, 3.8) is 0 Å². The average Bonchev–Trinajstić information content (AvgIpc) is 3.60. The number of aromatic nitrogens is 2. The minimum atomic E-state index is -1.37. The van der Waals surface area contributed by atoms with E-state index in [9.17, 15) is 24.3 Å². The number of carbonyl (C=O) groups excluding carboxylic acids is 3. The number of aliphatic carboxylic acids is 1. The monoisotopic (exact) mass is 929 g/mol. The molecule has 19 heteroatoms. The van der Waals surface area contributed by atoms with E-state index in [0.29, 0.717) is 38.8 Å². The van der Waals surface area contributed by atoms with E-state index in [1.54, 1.807) is 39.2 Å². The van der Waals surface area contributed by atoms with Crippen LogP contribution in [0, 0.1) is 0 Å². The molecule has 0 spiro atoms. The number of carboxylic acids is 1. The van der Waals surface area contributed by atoms with E-state index in [1.807, 2.05) is 91.0 Å². The summed E-state index contributed by atoms with van der Waals surface area (Å²) in [5, 5.41) is 19.8. The van der Waals surface area contributed by atoms with Crippen molar-refractivity contribution in [1.82, 2.24) is 25.5 Å². The molecule has 14 nitrogen and oxygen atoms in total. The maximum absolute atomic E-state index is 14.4. The van der Waals surface area contributed by atoms with E-state index >= 15 is 0 Å². The third-order valence-corrected chi connectivity index (χ3v) is 14.2. The minimum absolute atomic E-state index is 0.0507. The maximum atomic E-state index is 14.4. The van der Waals surface area contributed by atoms with Crippen LogP contribution in [0.25, 0.3) is 0 Å². The van der Waals surface area contributed by atoms with Gasteiger partial charge < -0.3 is 31.0 Å². The number of nitrogens with zero attached hydrogens (tertiary/aromatic N) is 4. The van der Waals surface area contributed by atoms with Crippen LogP contribution in [-0.4, -0.2) is 84.6 Å². The normalized spacial score (nSPS) is 16.5. The van der Waals surface area contributed by atoms with Crippen molar-refractivity contribution in [2.75, 3.05) is 23.8 Å². The highest BCUT2D eigenvalue weighted by atomic mass is 35.5. The van der Waals surface area contributed by atoms with Crippen LogP contribution in [0.3, 0.4) is 0 Å². The highest BCUT2D eigenvalue weighted by Crippen LogP contribution is 2.47. The number of nitrogens with two attached hydrogens (primary N) is 1. The summed E-state index contributed by atoms with van der Waals surface area (Å²) < 4.78 is 5.37. The summed E-state index contributed by atoms with van der Waals surface area (Å²) >= 11 is 11.5. The molecule has 320 valence electrons. The Morgan fingerprint density at radius 3 is 2.13 bits per heavy atom. The number of nitrogens with one attached hydrogen (secondary N) is 2. The summed E-state index contributed by atoms with van der Waals surface area (Å²) in [6.07, 6.45) is 2.73. The van der Waals surface area contributed by atoms with Crippen molar-refractivity contribution in [1.29, 1.82) is 0 Å². The van der Waals surface area contributed by atoms with Crippen LogP contribution < -0.4 is 16.4 Å². The van der Waals surface area contributed by atoms with Gasteiger partial charge in [-0.05, 0) is 26.8 Å². The molecule has 0 aliphatic carbocycles. The molecule has 3 aromatic carbocycles. The molecule has 5 N–H and O–H groups in total. The molecule has 3 amide bonds. The van der Waals surface area contributed by atoms with Crippen molar-refractivity contribution in [3.8, 4) is 0 Å². The summed E-state index contributed by atoms with van der Waals surface area (Å²) in [5.74, 6) is -2.03. The summed E-state index contributed by atoms with van der Waals surface area (Å²) in [6.45, 7) is 5.68. The van der Waals surface area contributed by atoms with E-state index in [1.165, 1.54) is 40.2 Å². The van der Waals surface area contributed by atoms with Gasteiger partial charge in [-0.2, -0.15) is 0 Å². The van der Waals surface area contributed by atoms with Gasteiger partial charge in [0, 0.05) is 61.8 Å².